The normalized spacial score (nSPS) is 20.6. The first-order valence-corrected chi connectivity index (χ1v) is 12.4. The van der Waals surface area contributed by atoms with Crippen LogP contribution >= 0.6 is 0 Å². The highest BCUT2D eigenvalue weighted by molar-refractivity contribution is 5.93. The Morgan fingerprint density at radius 2 is 1.92 bits per heavy atom. The van der Waals surface area contributed by atoms with Crippen molar-refractivity contribution >= 4 is 34.3 Å². The zero-order chi connectivity index (χ0) is 26.7. The van der Waals surface area contributed by atoms with Crippen LogP contribution in [0.15, 0.2) is 30.6 Å². The molecule has 2 aliphatic rings. The first-order valence-electron chi connectivity index (χ1n) is 12.4. The number of rotatable bonds is 5. The summed E-state index contributed by atoms with van der Waals surface area (Å²) in [4.78, 5) is 39.5. The van der Waals surface area contributed by atoms with Gasteiger partial charge in [0.05, 0.1) is 29.7 Å². The molecule has 0 aromatic carbocycles. The number of ether oxygens (including phenoxy) is 2. The Hall–Kier alpha value is -3.79. The fourth-order valence-corrected chi connectivity index (χ4v) is 4.81. The van der Waals surface area contributed by atoms with Crippen molar-refractivity contribution in [3.63, 3.8) is 0 Å². The summed E-state index contributed by atoms with van der Waals surface area (Å²) in [5.74, 6) is 1.23. The van der Waals surface area contributed by atoms with Gasteiger partial charge in [0, 0.05) is 30.8 Å². The van der Waals surface area contributed by atoms with E-state index in [0.717, 1.165) is 16.3 Å². The quantitative estimate of drug-likeness (QED) is 0.500. The van der Waals surface area contributed by atoms with Crippen molar-refractivity contribution in [3.05, 3.63) is 47.4 Å². The summed E-state index contributed by atoms with van der Waals surface area (Å²) in [5.41, 5.74) is 7.32. The molecule has 0 saturated carbocycles. The summed E-state index contributed by atoms with van der Waals surface area (Å²) in [7, 11) is 0. The minimum atomic E-state index is -0.662. The number of esters is 1. The smallest absolute Gasteiger partial charge is 0.340 e. The summed E-state index contributed by atoms with van der Waals surface area (Å²) < 4.78 is 11.7. The molecule has 10 nitrogen and oxygen atoms in total. The van der Waals surface area contributed by atoms with Crippen molar-refractivity contribution in [3.8, 4) is 5.88 Å². The molecule has 194 valence electrons. The third-order valence-electron chi connectivity index (χ3n) is 7.10. The standard InChI is InChI=1S/C27H32N6O4/c1-14-15(2)36-25(35)17-7-8-21(32-23(14)17)31-22-9-18-19(10-29-22)24(30-11-20(18)26(4,5)28)37-27(6)12-33(13-27)16(3)34/h7-11,14-15H,12-13,28H2,1-6H3,(H,29,31,32)/t14-,15-/m0/s1. The lowest BCUT2D eigenvalue weighted by Crippen LogP contribution is -2.64. The molecule has 1 fully saturated rings. The number of aromatic nitrogens is 3. The van der Waals surface area contributed by atoms with Crippen molar-refractivity contribution in [2.24, 2.45) is 5.73 Å². The average molecular weight is 505 g/mol. The number of nitrogens with zero attached hydrogens (tertiary/aromatic N) is 4. The van der Waals surface area contributed by atoms with Gasteiger partial charge >= 0.3 is 5.97 Å². The number of hydrogen-bond acceptors (Lipinski definition) is 9. The molecule has 2 atom stereocenters. The van der Waals surface area contributed by atoms with Gasteiger partial charge in [0.1, 0.15) is 23.3 Å². The van der Waals surface area contributed by atoms with E-state index in [4.69, 9.17) is 20.2 Å². The van der Waals surface area contributed by atoms with Crippen LogP contribution in [0.3, 0.4) is 0 Å². The second kappa shape index (κ2) is 8.65. The van der Waals surface area contributed by atoms with Crippen LogP contribution < -0.4 is 15.8 Å². The first kappa shape index (κ1) is 24.9. The molecular formula is C27H32N6O4. The largest absolute Gasteiger partial charge is 0.467 e. The van der Waals surface area contributed by atoms with Crippen LogP contribution in [0.2, 0.25) is 0 Å². The highest BCUT2D eigenvalue weighted by atomic mass is 16.5. The van der Waals surface area contributed by atoms with Crippen LogP contribution in [-0.4, -0.2) is 56.5 Å². The Bertz CT molecular complexity index is 1410. The van der Waals surface area contributed by atoms with Crippen molar-refractivity contribution in [1.82, 2.24) is 19.9 Å². The third kappa shape index (κ3) is 4.57. The molecule has 2 aliphatic heterocycles. The van der Waals surface area contributed by atoms with E-state index in [-0.39, 0.29) is 23.9 Å². The Labute approximate surface area is 215 Å². The molecule has 3 aromatic heterocycles. The van der Waals surface area contributed by atoms with Gasteiger partial charge in [-0.05, 0) is 56.8 Å². The maximum absolute atomic E-state index is 12.3. The van der Waals surface area contributed by atoms with E-state index in [1.807, 2.05) is 40.7 Å². The second-order valence-electron chi connectivity index (χ2n) is 10.9. The van der Waals surface area contributed by atoms with Crippen LogP contribution in [0.4, 0.5) is 11.6 Å². The topological polar surface area (TPSA) is 133 Å². The molecule has 0 spiro atoms. The van der Waals surface area contributed by atoms with Crippen LogP contribution in [-0.2, 0) is 15.1 Å². The van der Waals surface area contributed by atoms with E-state index in [2.05, 4.69) is 15.3 Å². The van der Waals surface area contributed by atoms with Crippen LogP contribution in [0.1, 0.15) is 69.1 Å². The minimum absolute atomic E-state index is 0.0213. The number of carbonyl (C=O) groups is 2. The average Bonchev–Trinajstić information content (AvgIpc) is 2.80. The van der Waals surface area contributed by atoms with E-state index in [9.17, 15) is 9.59 Å². The van der Waals surface area contributed by atoms with Gasteiger partial charge in [-0.2, -0.15) is 0 Å². The lowest BCUT2D eigenvalue weighted by Gasteiger charge is -2.46. The number of anilines is 2. The number of hydrogen-bond donors (Lipinski definition) is 2. The highest BCUT2D eigenvalue weighted by Crippen LogP contribution is 2.36. The number of carbonyl (C=O) groups excluding carboxylic acids is 2. The molecule has 3 aromatic rings. The fraction of sp³-hybridized carbons (Fsp3) is 0.444. The van der Waals surface area contributed by atoms with Gasteiger partial charge in [-0.3, -0.25) is 4.79 Å². The van der Waals surface area contributed by atoms with Crippen LogP contribution in [0.25, 0.3) is 10.8 Å². The molecule has 1 saturated heterocycles. The SMILES string of the molecule is CC(=O)N1CC(C)(Oc2ncc(C(C)(C)N)c3cc(Nc4ccc5c(n4)[C@@H](C)[C@H](C)OC5=O)ncc23)C1. The molecule has 37 heavy (non-hydrogen) atoms. The Balaban J connectivity index is 1.49. The number of likely N-dealkylation sites (tertiary alicyclic amines) is 1. The molecule has 3 N–H and O–H groups in total. The van der Waals surface area contributed by atoms with Crippen molar-refractivity contribution in [1.29, 1.82) is 0 Å². The van der Waals surface area contributed by atoms with E-state index >= 15 is 0 Å². The second-order valence-corrected chi connectivity index (χ2v) is 10.9. The van der Waals surface area contributed by atoms with E-state index in [1.165, 1.54) is 0 Å². The van der Waals surface area contributed by atoms with Gasteiger partial charge in [-0.15, -0.1) is 0 Å². The molecule has 0 radical (unpaired) electrons. The number of cyclic esters (lactones) is 1. The first-order chi connectivity index (χ1) is 17.3. The minimum Gasteiger partial charge on any atom is -0.467 e. The summed E-state index contributed by atoms with van der Waals surface area (Å²) in [6.45, 7) is 12.2. The van der Waals surface area contributed by atoms with Crippen molar-refractivity contribution in [2.75, 3.05) is 18.4 Å². The Morgan fingerprint density at radius 1 is 1.19 bits per heavy atom. The molecule has 1 amide bonds. The van der Waals surface area contributed by atoms with Gasteiger partial charge in [0.25, 0.3) is 0 Å². The summed E-state index contributed by atoms with van der Waals surface area (Å²) in [6, 6.07) is 5.37. The van der Waals surface area contributed by atoms with E-state index in [1.54, 1.807) is 36.4 Å². The molecule has 0 bridgehead atoms. The molecule has 10 heteroatoms. The van der Waals surface area contributed by atoms with Gasteiger partial charge in [-0.25, -0.2) is 19.7 Å². The monoisotopic (exact) mass is 504 g/mol. The Kier molecular flexibility index (Phi) is 5.82. The lowest BCUT2D eigenvalue weighted by atomic mass is 9.92. The third-order valence-corrected chi connectivity index (χ3v) is 7.10. The summed E-state index contributed by atoms with van der Waals surface area (Å²) in [6.07, 6.45) is 3.19. The van der Waals surface area contributed by atoms with Crippen molar-refractivity contribution in [2.45, 2.75) is 64.7 Å². The fourth-order valence-electron chi connectivity index (χ4n) is 4.81. The zero-order valence-corrected chi connectivity index (χ0v) is 22.0. The number of fused-ring (bicyclic) bond motifs is 2. The zero-order valence-electron chi connectivity index (χ0n) is 22.0. The number of nitrogens with two attached hydrogens (primary N) is 1. The van der Waals surface area contributed by atoms with E-state index in [0.29, 0.717) is 41.9 Å². The van der Waals surface area contributed by atoms with Crippen LogP contribution in [0, 0.1) is 0 Å². The Morgan fingerprint density at radius 3 is 2.59 bits per heavy atom. The summed E-state index contributed by atoms with van der Waals surface area (Å²) >= 11 is 0. The number of pyridine rings is 3. The molecule has 0 aliphatic carbocycles. The van der Waals surface area contributed by atoms with Gasteiger partial charge in [0.2, 0.25) is 11.8 Å². The molecular weight excluding hydrogens is 472 g/mol. The number of nitrogens with one attached hydrogen (secondary N) is 1. The highest BCUT2D eigenvalue weighted by Gasteiger charge is 2.43. The summed E-state index contributed by atoms with van der Waals surface area (Å²) in [5, 5.41) is 4.84. The maximum Gasteiger partial charge on any atom is 0.340 e. The molecule has 5 rings (SSSR count). The molecule has 5 heterocycles. The molecule has 0 unspecified atom stereocenters. The van der Waals surface area contributed by atoms with Gasteiger partial charge < -0.3 is 25.4 Å². The lowest BCUT2D eigenvalue weighted by molar-refractivity contribution is -0.146. The van der Waals surface area contributed by atoms with Crippen molar-refractivity contribution < 1.29 is 19.1 Å². The number of amides is 1. The predicted octanol–water partition coefficient (Wildman–Crippen LogP) is 3.62. The predicted molar refractivity (Wildman–Crippen MR) is 139 cm³/mol. The van der Waals surface area contributed by atoms with Gasteiger partial charge in [-0.1, -0.05) is 6.92 Å². The van der Waals surface area contributed by atoms with E-state index < -0.39 is 11.1 Å². The van der Waals surface area contributed by atoms with Gasteiger partial charge in [0.15, 0.2) is 0 Å². The maximum atomic E-state index is 12.3. The van der Waals surface area contributed by atoms with Crippen LogP contribution in [0.5, 0.6) is 5.88 Å².